The summed E-state index contributed by atoms with van der Waals surface area (Å²) < 4.78 is 11.1. The molecule has 1 heterocycles. The number of aliphatic hydroxyl groups is 7. The van der Waals surface area contributed by atoms with Gasteiger partial charge in [-0.15, -0.1) is 0 Å². The van der Waals surface area contributed by atoms with Crippen molar-refractivity contribution in [3.8, 4) is 0 Å². The zero-order chi connectivity index (χ0) is 42.8. The topological polar surface area (TPSA) is 189 Å². The van der Waals surface area contributed by atoms with Crippen LogP contribution in [0.15, 0.2) is 12.2 Å². The molecule has 0 spiro atoms. The van der Waals surface area contributed by atoms with Gasteiger partial charge in [-0.1, -0.05) is 181 Å². The van der Waals surface area contributed by atoms with Gasteiger partial charge in [0.2, 0.25) is 5.91 Å². The van der Waals surface area contributed by atoms with Crippen LogP contribution in [0.2, 0.25) is 0 Å². The predicted octanol–water partition coefficient (Wildman–Crippen LogP) is 7.92. The van der Waals surface area contributed by atoms with Crippen molar-refractivity contribution >= 4 is 5.91 Å². The molecule has 58 heavy (non-hydrogen) atoms. The van der Waals surface area contributed by atoms with E-state index in [1.807, 2.05) is 0 Å². The molecule has 0 saturated carbocycles. The third-order valence-corrected chi connectivity index (χ3v) is 11.7. The number of nitrogens with one attached hydrogen (secondary N) is 1. The van der Waals surface area contributed by atoms with Gasteiger partial charge in [-0.3, -0.25) is 4.79 Å². The number of aliphatic hydroxyl groups excluding tert-OH is 7. The summed E-state index contributed by atoms with van der Waals surface area (Å²) in [6.45, 7) is 5.71. The molecule has 0 bridgehead atoms. The Kier molecular flexibility index (Phi) is 34.5. The highest BCUT2D eigenvalue weighted by atomic mass is 16.7. The van der Waals surface area contributed by atoms with Crippen LogP contribution in [0.3, 0.4) is 0 Å². The minimum absolute atomic E-state index is 0.259. The summed E-state index contributed by atoms with van der Waals surface area (Å²) >= 11 is 0. The molecule has 9 atom stereocenters. The molecule has 0 unspecified atom stereocenters. The molecular weight excluding hydrogens is 739 g/mol. The molecule has 0 aromatic heterocycles. The van der Waals surface area contributed by atoms with E-state index in [2.05, 4.69) is 38.2 Å². The van der Waals surface area contributed by atoms with E-state index in [0.29, 0.717) is 19.3 Å². The molecule has 0 aromatic rings. The van der Waals surface area contributed by atoms with Crippen LogP contribution in [0.5, 0.6) is 0 Å². The van der Waals surface area contributed by atoms with Gasteiger partial charge in [0, 0.05) is 0 Å². The number of amides is 1. The molecule has 0 aliphatic carbocycles. The molecule has 1 rings (SSSR count). The number of allylic oxidation sites excluding steroid dienone is 2. The fourth-order valence-electron chi connectivity index (χ4n) is 7.74. The van der Waals surface area contributed by atoms with Crippen LogP contribution in [-0.4, -0.2) is 110 Å². The molecule has 8 N–H and O–H groups in total. The van der Waals surface area contributed by atoms with E-state index in [9.17, 15) is 40.5 Å². The normalized spacial score (nSPS) is 22.1. The predicted molar refractivity (Wildman–Crippen MR) is 233 cm³/mol. The van der Waals surface area contributed by atoms with Crippen molar-refractivity contribution in [1.82, 2.24) is 5.32 Å². The SMILES string of the molecule is CCCCCCCCC/C=C\CCCCCCCCCCC[C@@H](O)C(=O)N[C@@H](CO[C@@H]1O[C@H](CO)[C@@H](O)[C@H](O)[C@H]1O)[C@H](O)[C@H](O)CCCCCCCCCCC(C)C. The summed E-state index contributed by atoms with van der Waals surface area (Å²) in [4.78, 5) is 13.1. The zero-order valence-corrected chi connectivity index (χ0v) is 37.2. The van der Waals surface area contributed by atoms with E-state index in [1.54, 1.807) is 0 Å². The van der Waals surface area contributed by atoms with Crippen molar-refractivity contribution in [3.63, 3.8) is 0 Å². The Balaban J connectivity index is 2.39. The molecule has 1 aliphatic rings. The average Bonchev–Trinajstić information content (AvgIpc) is 3.21. The second kappa shape index (κ2) is 36.5. The van der Waals surface area contributed by atoms with Gasteiger partial charge in [-0.05, 0) is 44.4 Å². The van der Waals surface area contributed by atoms with Gasteiger partial charge >= 0.3 is 0 Å². The Hall–Kier alpha value is -1.15. The van der Waals surface area contributed by atoms with E-state index >= 15 is 0 Å². The summed E-state index contributed by atoms with van der Waals surface area (Å²) in [5.74, 6) is 0.0469. The maximum absolute atomic E-state index is 13.1. The van der Waals surface area contributed by atoms with Gasteiger partial charge < -0.3 is 50.5 Å². The Bertz CT molecular complexity index is 968. The maximum Gasteiger partial charge on any atom is 0.249 e. The molecule has 1 saturated heterocycles. The lowest BCUT2D eigenvalue weighted by Crippen LogP contribution is -2.60. The van der Waals surface area contributed by atoms with Crippen LogP contribution in [0, 0.1) is 5.92 Å². The smallest absolute Gasteiger partial charge is 0.249 e. The van der Waals surface area contributed by atoms with E-state index < -0.39 is 74.2 Å². The molecular formula is C47H91NO10. The van der Waals surface area contributed by atoms with Crippen molar-refractivity contribution < 1.29 is 50.0 Å². The van der Waals surface area contributed by atoms with Crippen LogP contribution < -0.4 is 5.32 Å². The Morgan fingerprint density at radius 3 is 1.55 bits per heavy atom. The largest absolute Gasteiger partial charge is 0.394 e. The first-order valence-corrected chi connectivity index (χ1v) is 23.9. The van der Waals surface area contributed by atoms with Crippen molar-refractivity contribution in [2.45, 2.75) is 262 Å². The van der Waals surface area contributed by atoms with Crippen LogP contribution in [0.4, 0.5) is 0 Å². The standard InChI is InChI=1S/C47H91NO10/c1-4-5-6-7-8-9-10-11-12-13-14-15-16-17-18-19-20-25-28-31-34-40(51)46(56)48-38(36-57-47-45(55)44(54)43(53)41(35-49)58-47)42(52)39(50)33-30-27-24-22-21-23-26-29-32-37(2)3/h12-13,37-45,47,49-55H,4-11,14-36H2,1-3H3,(H,48,56)/b13-12-/t38-,39+,40+,41+,42-,43+,44-,45+,47+/m0/s1. The van der Waals surface area contributed by atoms with Crippen molar-refractivity contribution in [3.05, 3.63) is 12.2 Å². The summed E-state index contributed by atoms with van der Waals surface area (Å²) in [7, 11) is 0. The highest BCUT2D eigenvalue weighted by Crippen LogP contribution is 2.23. The van der Waals surface area contributed by atoms with Crippen LogP contribution in [-0.2, 0) is 14.3 Å². The molecule has 1 fully saturated rings. The number of carbonyl (C=O) groups excluding carboxylic acids is 1. The van der Waals surface area contributed by atoms with E-state index in [4.69, 9.17) is 9.47 Å². The summed E-state index contributed by atoms with van der Waals surface area (Å²) in [6.07, 6.45) is 25.6. The first-order chi connectivity index (χ1) is 28.0. The maximum atomic E-state index is 13.1. The van der Waals surface area contributed by atoms with Crippen LogP contribution >= 0.6 is 0 Å². The van der Waals surface area contributed by atoms with E-state index in [-0.39, 0.29) is 6.42 Å². The lowest BCUT2D eigenvalue weighted by molar-refractivity contribution is -0.303. The lowest BCUT2D eigenvalue weighted by Gasteiger charge is -2.40. The number of hydrogen-bond donors (Lipinski definition) is 8. The third-order valence-electron chi connectivity index (χ3n) is 11.7. The lowest BCUT2D eigenvalue weighted by atomic mass is 9.98. The van der Waals surface area contributed by atoms with Crippen LogP contribution in [0.1, 0.15) is 207 Å². The quantitative estimate of drug-likeness (QED) is 0.0223. The second-order valence-corrected chi connectivity index (χ2v) is 17.7. The molecule has 0 aromatic carbocycles. The molecule has 1 amide bonds. The minimum atomic E-state index is -1.66. The number of ether oxygens (including phenoxy) is 2. The fraction of sp³-hybridized carbons (Fsp3) is 0.936. The zero-order valence-electron chi connectivity index (χ0n) is 37.2. The van der Waals surface area contributed by atoms with Gasteiger partial charge in [-0.25, -0.2) is 0 Å². The third kappa shape index (κ3) is 26.9. The number of unbranched alkanes of at least 4 members (excludes halogenated alkanes) is 23. The van der Waals surface area contributed by atoms with Gasteiger partial charge in [0.15, 0.2) is 6.29 Å². The van der Waals surface area contributed by atoms with E-state index in [1.165, 1.54) is 122 Å². The second-order valence-electron chi connectivity index (χ2n) is 17.7. The molecule has 11 heteroatoms. The van der Waals surface area contributed by atoms with Gasteiger partial charge in [0.25, 0.3) is 0 Å². The van der Waals surface area contributed by atoms with Crippen molar-refractivity contribution in [1.29, 1.82) is 0 Å². The van der Waals surface area contributed by atoms with Crippen molar-refractivity contribution in [2.75, 3.05) is 13.2 Å². The van der Waals surface area contributed by atoms with Gasteiger partial charge in [-0.2, -0.15) is 0 Å². The molecule has 0 radical (unpaired) electrons. The highest BCUT2D eigenvalue weighted by molar-refractivity contribution is 5.80. The molecule has 1 aliphatic heterocycles. The Morgan fingerprint density at radius 1 is 0.621 bits per heavy atom. The monoisotopic (exact) mass is 830 g/mol. The summed E-state index contributed by atoms with van der Waals surface area (Å²) in [5.41, 5.74) is 0. The van der Waals surface area contributed by atoms with Crippen molar-refractivity contribution in [2.24, 2.45) is 5.92 Å². The summed E-state index contributed by atoms with van der Waals surface area (Å²) in [6, 6.07) is -1.17. The first-order valence-electron chi connectivity index (χ1n) is 23.9. The Labute approximate surface area is 353 Å². The van der Waals surface area contributed by atoms with E-state index in [0.717, 1.165) is 44.4 Å². The summed E-state index contributed by atoms with van der Waals surface area (Å²) in [5, 5.41) is 75.6. The number of carbonyl (C=O) groups is 1. The number of hydrogen-bond acceptors (Lipinski definition) is 10. The first kappa shape index (κ1) is 54.9. The average molecular weight is 830 g/mol. The fourth-order valence-corrected chi connectivity index (χ4v) is 7.74. The number of rotatable bonds is 39. The van der Waals surface area contributed by atoms with Crippen LogP contribution in [0.25, 0.3) is 0 Å². The van der Waals surface area contributed by atoms with Gasteiger partial charge in [0.05, 0.1) is 25.4 Å². The minimum Gasteiger partial charge on any atom is -0.394 e. The molecule has 344 valence electrons. The highest BCUT2D eigenvalue weighted by Gasteiger charge is 2.44. The van der Waals surface area contributed by atoms with Gasteiger partial charge in [0.1, 0.15) is 36.6 Å². The Morgan fingerprint density at radius 2 is 1.07 bits per heavy atom. The molecule has 11 nitrogen and oxygen atoms in total.